The number of sulfonamides is 2. The first-order chi connectivity index (χ1) is 16.7. The van der Waals surface area contributed by atoms with E-state index < -0.39 is 32.5 Å². The number of aromatic nitrogens is 1. The fourth-order valence-corrected chi connectivity index (χ4v) is 5.34. The summed E-state index contributed by atoms with van der Waals surface area (Å²) in [5.74, 6) is 0.0466. The van der Waals surface area contributed by atoms with Crippen molar-refractivity contribution in [1.29, 1.82) is 0 Å². The molecule has 1 aliphatic heterocycles. The number of ether oxygens (including phenoxy) is 2. The molecule has 0 saturated carbocycles. The molecule has 0 spiro atoms. The number of hydrogen-bond donors (Lipinski definition) is 2. The van der Waals surface area contributed by atoms with Gasteiger partial charge in [-0.3, -0.25) is 18.8 Å². The number of anilines is 3. The second kappa shape index (κ2) is 9.80. The fourth-order valence-electron chi connectivity index (χ4n) is 3.23. The highest BCUT2D eigenvalue weighted by atomic mass is 32.2. The molecular formula is C22H22N4O7S2. The predicted octanol–water partition coefficient (Wildman–Crippen LogP) is 2.41. The molecule has 4 rings (SSSR count). The first kappa shape index (κ1) is 24.3. The maximum atomic E-state index is 12.7. The molecular weight excluding hydrogens is 496 g/mol. The van der Waals surface area contributed by atoms with Crippen LogP contribution in [0.25, 0.3) is 0 Å². The minimum Gasteiger partial charge on any atom is -0.454 e. The minimum atomic E-state index is -3.85. The second-order valence-electron chi connectivity index (χ2n) is 7.36. The molecule has 11 nitrogen and oxygen atoms in total. The van der Waals surface area contributed by atoms with Crippen LogP contribution < -0.4 is 23.8 Å². The van der Waals surface area contributed by atoms with Crippen LogP contribution in [0.1, 0.15) is 6.92 Å². The molecule has 35 heavy (non-hydrogen) atoms. The summed E-state index contributed by atoms with van der Waals surface area (Å²) in [6, 6.07) is 13.2. The molecule has 0 unspecified atom stereocenters. The molecule has 0 aliphatic carbocycles. The fraction of sp³-hybridized carbons (Fsp3) is 0.182. The van der Waals surface area contributed by atoms with E-state index in [1.54, 1.807) is 18.2 Å². The number of rotatable bonds is 9. The molecule has 2 heterocycles. The van der Waals surface area contributed by atoms with Crippen LogP contribution in [0.5, 0.6) is 11.5 Å². The van der Waals surface area contributed by atoms with Crippen molar-refractivity contribution < 1.29 is 31.1 Å². The summed E-state index contributed by atoms with van der Waals surface area (Å²) in [7, 11) is -7.64. The topological polar surface area (TPSA) is 144 Å². The lowest BCUT2D eigenvalue weighted by Crippen LogP contribution is -2.39. The number of amides is 1. The van der Waals surface area contributed by atoms with Gasteiger partial charge in [0.1, 0.15) is 6.54 Å². The third-order valence-electron chi connectivity index (χ3n) is 4.99. The maximum Gasteiger partial charge on any atom is 0.261 e. The molecule has 184 valence electrons. The van der Waals surface area contributed by atoms with Gasteiger partial charge in [-0.1, -0.05) is 0 Å². The van der Waals surface area contributed by atoms with Crippen molar-refractivity contribution in [2.75, 3.05) is 33.4 Å². The van der Waals surface area contributed by atoms with Crippen molar-refractivity contribution in [3.8, 4) is 11.5 Å². The zero-order valence-corrected chi connectivity index (χ0v) is 20.2. The van der Waals surface area contributed by atoms with Crippen LogP contribution in [-0.2, 0) is 24.8 Å². The van der Waals surface area contributed by atoms with Crippen LogP contribution in [0.4, 0.5) is 17.1 Å². The third-order valence-corrected chi connectivity index (χ3v) is 8.13. The summed E-state index contributed by atoms with van der Waals surface area (Å²) in [6.07, 6.45) is 2.90. The predicted molar refractivity (Wildman–Crippen MR) is 129 cm³/mol. The number of pyridine rings is 1. The van der Waals surface area contributed by atoms with E-state index in [4.69, 9.17) is 9.47 Å². The van der Waals surface area contributed by atoms with Gasteiger partial charge in [0.05, 0.1) is 28.2 Å². The summed E-state index contributed by atoms with van der Waals surface area (Å²) >= 11 is 0. The zero-order chi connectivity index (χ0) is 25.1. The van der Waals surface area contributed by atoms with E-state index in [0.29, 0.717) is 22.9 Å². The summed E-state index contributed by atoms with van der Waals surface area (Å²) in [6.45, 7) is 1.02. The van der Waals surface area contributed by atoms with Crippen LogP contribution in [0.2, 0.25) is 0 Å². The monoisotopic (exact) mass is 518 g/mol. The molecule has 0 atom stereocenters. The number of nitrogens with zero attached hydrogens (tertiary/aromatic N) is 2. The molecule has 13 heteroatoms. The van der Waals surface area contributed by atoms with E-state index in [-0.39, 0.29) is 23.1 Å². The SMILES string of the molecule is CCS(=O)(=O)N(CC(=O)Nc1ccc(S(=O)(=O)Nc2cccnc2)cc1)c1ccc2c(c1)OCO2. The van der Waals surface area contributed by atoms with Crippen LogP contribution >= 0.6 is 0 Å². The van der Waals surface area contributed by atoms with Gasteiger partial charge in [0.2, 0.25) is 22.7 Å². The lowest BCUT2D eigenvalue weighted by molar-refractivity contribution is -0.114. The van der Waals surface area contributed by atoms with Crippen LogP contribution in [0.3, 0.4) is 0 Å². The summed E-state index contributed by atoms with van der Waals surface area (Å²) in [5, 5.41) is 2.59. The summed E-state index contributed by atoms with van der Waals surface area (Å²) in [5.41, 5.74) is 0.870. The van der Waals surface area contributed by atoms with Crippen molar-refractivity contribution in [1.82, 2.24) is 4.98 Å². The van der Waals surface area contributed by atoms with E-state index in [2.05, 4.69) is 15.0 Å². The Morgan fingerprint density at radius 1 is 1.00 bits per heavy atom. The Morgan fingerprint density at radius 3 is 2.43 bits per heavy atom. The number of carbonyl (C=O) groups excluding carboxylic acids is 1. The maximum absolute atomic E-state index is 12.7. The van der Waals surface area contributed by atoms with Crippen LogP contribution in [-0.4, -0.2) is 46.8 Å². The average molecular weight is 519 g/mol. The smallest absolute Gasteiger partial charge is 0.261 e. The number of fused-ring (bicyclic) bond motifs is 1. The van der Waals surface area contributed by atoms with E-state index in [1.807, 2.05) is 0 Å². The Labute approximate surface area is 202 Å². The van der Waals surface area contributed by atoms with Gasteiger partial charge < -0.3 is 14.8 Å². The first-order valence-electron chi connectivity index (χ1n) is 10.4. The third kappa shape index (κ3) is 5.63. The molecule has 0 bridgehead atoms. The standard InChI is InChI=1S/C22H22N4O7S2/c1-2-34(28,29)26(18-7-10-20-21(12-18)33-15-32-20)14-22(27)24-16-5-8-19(9-6-16)35(30,31)25-17-4-3-11-23-13-17/h3-13,25H,2,14-15H2,1H3,(H,24,27). The van der Waals surface area contributed by atoms with Crippen molar-refractivity contribution in [3.63, 3.8) is 0 Å². The van der Waals surface area contributed by atoms with Crippen molar-refractivity contribution in [3.05, 3.63) is 67.0 Å². The van der Waals surface area contributed by atoms with Gasteiger partial charge in [0, 0.05) is 18.0 Å². The Hall–Kier alpha value is -3.84. The zero-order valence-electron chi connectivity index (χ0n) is 18.5. The Balaban J connectivity index is 1.47. The second-order valence-corrected chi connectivity index (χ2v) is 11.2. The molecule has 3 aromatic rings. The number of carbonyl (C=O) groups is 1. The molecule has 1 aromatic heterocycles. The van der Waals surface area contributed by atoms with Crippen LogP contribution in [0.15, 0.2) is 71.9 Å². The molecule has 2 aromatic carbocycles. The van der Waals surface area contributed by atoms with Gasteiger partial charge in [-0.15, -0.1) is 0 Å². The van der Waals surface area contributed by atoms with Gasteiger partial charge >= 0.3 is 0 Å². The largest absolute Gasteiger partial charge is 0.454 e. The highest BCUT2D eigenvalue weighted by Crippen LogP contribution is 2.36. The first-order valence-corrected chi connectivity index (χ1v) is 13.5. The van der Waals surface area contributed by atoms with Gasteiger partial charge in [0.25, 0.3) is 10.0 Å². The quantitative estimate of drug-likeness (QED) is 0.439. The lowest BCUT2D eigenvalue weighted by Gasteiger charge is -2.23. The number of hydrogen-bond acceptors (Lipinski definition) is 8. The molecule has 0 fully saturated rings. The molecule has 1 aliphatic rings. The average Bonchev–Trinajstić information content (AvgIpc) is 3.31. The van der Waals surface area contributed by atoms with Gasteiger partial charge in [-0.05, 0) is 55.5 Å². The Kier molecular flexibility index (Phi) is 6.80. The Bertz CT molecular complexity index is 1430. The lowest BCUT2D eigenvalue weighted by atomic mass is 10.2. The highest BCUT2D eigenvalue weighted by molar-refractivity contribution is 7.93. The van der Waals surface area contributed by atoms with Crippen molar-refractivity contribution >= 4 is 43.0 Å². The summed E-state index contributed by atoms with van der Waals surface area (Å²) in [4.78, 5) is 16.5. The summed E-state index contributed by atoms with van der Waals surface area (Å²) < 4.78 is 64.4. The van der Waals surface area contributed by atoms with Crippen molar-refractivity contribution in [2.24, 2.45) is 0 Å². The van der Waals surface area contributed by atoms with Crippen molar-refractivity contribution in [2.45, 2.75) is 11.8 Å². The molecule has 0 radical (unpaired) electrons. The Morgan fingerprint density at radius 2 is 1.74 bits per heavy atom. The van der Waals surface area contributed by atoms with E-state index in [0.717, 1.165) is 4.31 Å². The molecule has 1 amide bonds. The van der Waals surface area contributed by atoms with E-state index in [9.17, 15) is 21.6 Å². The normalized spacial score (nSPS) is 12.7. The minimum absolute atomic E-state index is 0.0186. The van der Waals surface area contributed by atoms with Gasteiger partial charge in [-0.2, -0.15) is 0 Å². The van der Waals surface area contributed by atoms with E-state index in [1.165, 1.54) is 55.7 Å². The van der Waals surface area contributed by atoms with Gasteiger partial charge in [-0.25, -0.2) is 16.8 Å². The molecule has 2 N–H and O–H groups in total. The number of nitrogens with one attached hydrogen (secondary N) is 2. The molecule has 0 saturated heterocycles. The van der Waals surface area contributed by atoms with E-state index >= 15 is 0 Å². The highest BCUT2D eigenvalue weighted by Gasteiger charge is 2.26. The van der Waals surface area contributed by atoms with Crippen LogP contribution in [0, 0.1) is 0 Å². The number of benzene rings is 2. The van der Waals surface area contributed by atoms with Gasteiger partial charge in [0.15, 0.2) is 11.5 Å².